The number of ether oxygens (including phenoxy) is 1. The minimum atomic E-state index is -0.393. The molecule has 0 radical (unpaired) electrons. The third kappa shape index (κ3) is 4.63. The lowest BCUT2D eigenvalue weighted by atomic mass is 10.5. The third-order valence-electron chi connectivity index (χ3n) is 0.601. The molecular formula is C7H8O2. The van der Waals surface area contributed by atoms with Crippen molar-refractivity contribution >= 4 is 5.97 Å². The van der Waals surface area contributed by atoms with Crippen LogP contribution < -0.4 is 0 Å². The van der Waals surface area contributed by atoms with Gasteiger partial charge in [0.25, 0.3) is 0 Å². The minimum Gasteiger partial charge on any atom is -0.449 e. The maximum atomic E-state index is 10.4. The summed E-state index contributed by atoms with van der Waals surface area (Å²) in [6.45, 7) is 1.78. The molecule has 0 atom stereocenters. The van der Waals surface area contributed by atoms with Crippen molar-refractivity contribution in [2.45, 2.75) is 6.92 Å². The molecule has 0 aromatic heterocycles. The van der Waals surface area contributed by atoms with Crippen LogP contribution in [-0.2, 0) is 9.53 Å². The molecule has 0 fully saturated rings. The highest BCUT2D eigenvalue weighted by molar-refractivity contribution is 5.81. The lowest BCUT2D eigenvalue weighted by molar-refractivity contribution is -0.136. The normalized spacial score (nSPS) is 8.89. The van der Waals surface area contributed by atoms with Crippen LogP contribution in [0.1, 0.15) is 6.92 Å². The van der Waals surface area contributed by atoms with Crippen molar-refractivity contribution in [2.75, 3.05) is 6.61 Å². The maximum absolute atomic E-state index is 10.4. The summed E-state index contributed by atoms with van der Waals surface area (Å²) >= 11 is 0. The van der Waals surface area contributed by atoms with E-state index in [4.69, 9.17) is 6.42 Å². The molecule has 0 saturated carbocycles. The van der Waals surface area contributed by atoms with Gasteiger partial charge < -0.3 is 4.74 Å². The Labute approximate surface area is 54.5 Å². The summed E-state index contributed by atoms with van der Waals surface area (Å²) in [7, 11) is 0. The van der Waals surface area contributed by atoms with Crippen LogP contribution in [0.15, 0.2) is 12.2 Å². The summed E-state index contributed by atoms with van der Waals surface area (Å²) in [4.78, 5) is 10.4. The third-order valence-corrected chi connectivity index (χ3v) is 0.601. The average Bonchev–Trinajstić information content (AvgIpc) is 1.85. The number of esters is 1. The van der Waals surface area contributed by atoms with Crippen LogP contribution in [0.3, 0.4) is 0 Å². The van der Waals surface area contributed by atoms with E-state index in [0.29, 0.717) is 0 Å². The lowest BCUT2D eigenvalue weighted by Crippen LogP contribution is -1.99. The number of terminal acetylenes is 1. The predicted molar refractivity (Wildman–Crippen MR) is 34.6 cm³/mol. The summed E-state index contributed by atoms with van der Waals surface area (Å²) in [6.07, 6.45) is 7.73. The van der Waals surface area contributed by atoms with Crippen molar-refractivity contribution < 1.29 is 9.53 Å². The molecule has 0 aliphatic carbocycles. The Balaban J connectivity index is 3.42. The second-order valence-corrected chi connectivity index (χ2v) is 1.31. The number of carbonyl (C=O) groups excluding carboxylic acids is 1. The fourth-order valence-corrected chi connectivity index (χ4v) is 0.297. The van der Waals surface area contributed by atoms with Crippen molar-refractivity contribution in [1.29, 1.82) is 0 Å². The molecule has 0 bridgehead atoms. The Bertz CT molecular complexity index is 151. The maximum Gasteiger partial charge on any atom is 0.331 e. The molecular weight excluding hydrogens is 116 g/mol. The highest BCUT2D eigenvalue weighted by atomic mass is 16.5. The topological polar surface area (TPSA) is 26.3 Å². The molecule has 0 amide bonds. The Morgan fingerprint density at radius 3 is 3.00 bits per heavy atom. The van der Waals surface area contributed by atoms with Gasteiger partial charge in [0.05, 0.1) is 0 Å². The number of hydrogen-bond donors (Lipinski definition) is 0. The van der Waals surface area contributed by atoms with Crippen LogP contribution in [-0.4, -0.2) is 12.6 Å². The Kier molecular flexibility index (Phi) is 4.25. The number of rotatable bonds is 2. The second kappa shape index (κ2) is 4.92. The van der Waals surface area contributed by atoms with E-state index in [-0.39, 0.29) is 6.61 Å². The molecule has 0 N–H and O–H groups in total. The molecule has 2 heteroatoms. The molecule has 2 nitrogen and oxygen atoms in total. The lowest BCUT2D eigenvalue weighted by Gasteiger charge is -1.91. The van der Waals surface area contributed by atoms with Gasteiger partial charge in [-0.25, -0.2) is 4.79 Å². The molecule has 0 spiro atoms. The van der Waals surface area contributed by atoms with Gasteiger partial charge in [0.1, 0.15) is 0 Å². The largest absolute Gasteiger partial charge is 0.449 e. The number of allylic oxidation sites excluding steroid dienone is 1. The zero-order chi connectivity index (χ0) is 7.11. The van der Waals surface area contributed by atoms with Gasteiger partial charge in [0, 0.05) is 6.08 Å². The van der Waals surface area contributed by atoms with Gasteiger partial charge in [0.15, 0.2) is 6.61 Å². The fraction of sp³-hybridized carbons (Fsp3) is 0.286. The highest BCUT2D eigenvalue weighted by Gasteiger charge is 1.89. The summed E-state index contributed by atoms with van der Waals surface area (Å²) in [5, 5.41) is 0. The SMILES string of the molecule is C#CCOC(=O)C=CC. The first-order chi connectivity index (χ1) is 4.31. The first kappa shape index (κ1) is 7.77. The van der Waals surface area contributed by atoms with Gasteiger partial charge in [-0.3, -0.25) is 0 Å². The molecule has 48 valence electrons. The predicted octanol–water partition coefficient (Wildman–Crippen LogP) is 0.739. The van der Waals surface area contributed by atoms with E-state index in [1.165, 1.54) is 6.08 Å². The molecule has 0 aliphatic rings. The van der Waals surface area contributed by atoms with Gasteiger partial charge in [-0.2, -0.15) is 0 Å². The van der Waals surface area contributed by atoms with Gasteiger partial charge >= 0.3 is 5.97 Å². The van der Waals surface area contributed by atoms with E-state index in [2.05, 4.69) is 10.7 Å². The van der Waals surface area contributed by atoms with Gasteiger partial charge in [-0.1, -0.05) is 12.0 Å². The van der Waals surface area contributed by atoms with Gasteiger partial charge in [0.2, 0.25) is 0 Å². The minimum absolute atomic E-state index is 0.0448. The first-order valence-electron chi connectivity index (χ1n) is 2.54. The van der Waals surface area contributed by atoms with Crippen LogP contribution in [0.25, 0.3) is 0 Å². The zero-order valence-corrected chi connectivity index (χ0v) is 5.26. The summed E-state index contributed by atoms with van der Waals surface area (Å²) < 4.78 is 4.47. The summed E-state index contributed by atoms with van der Waals surface area (Å²) in [6, 6.07) is 0. The molecule has 0 rings (SSSR count). The van der Waals surface area contributed by atoms with Crippen LogP contribution in [0.2, 0.25) is 0 Å². The average molecular weight is 124 g/mol. The summed E-state index contributed by atoms with van der Waals surface area (Å²) in [5.74, 6) is 1.79. The van der Waals surface area contributed by atoms with E-state index in [9.17, 15) is 4.79 Å². The second-order valence-electron chi connectivity index (χ2n) is 1.31. The van der Waals surface area contributed by atoms with Gasteiger partial charge in [-0.05, 0) is 6.92 Å². The van der Waals surface area contributed by atoms with Crippen LogP contribution in [0, 0.1) is 12.3 Å². The smallest absolute Gasteiger partial charge is 0.331 e. The monoisotopic (exact) mass is 124 g/mol. The standard InChI is InChI=1S/C7H8O2/c1-3-5-7(8)9-6-4-2/h2-3,5H,6H2,1H3. The van der Waals surface area contributed by atoms with Crippen molar-refractivity contribution in [3.05, 3.63) is 12.2 Å². The van der Waals surface area contributed by atoms with Crippen molar-refractivity contribution in [3.8, 4) is 12.3 Å². The molecule has 0 aromatic carbocycles. The summed E-state index contributed by atoms with van der Waals surface area (Å²) in [5.41, 5.74) is 0. The van der Waals surface area contributed by atoms with E-state index < -0.39 is 5.97 Å². The number of hydrogen-bond acceptors (Lipinski definition) is 2. The zero-order valence-electron chi connectivity index (χ0n) is 5.26. The van der Waals surface area contributed by atoms with Crippen molar-refractivity contribution in [2.24, 2.45) is 0 Å². The van der Waals surface area contributed by atoms with Gasteiger partial charge in [-0.15, -0.1) is 6.42 Å². The van der Waals surface area contributed by atoms with Crippen LogP contribution >= 0.6 is 0 Å². The number of carbonyl (C=O) groups is 1. The Morgan fingerprint density at radius 2 is 2.56 bits per heavy atom. The Morgan fingerprint density at radius 1 is 1.89 bits per heavy atom. The van der Waals surface area contributed by atoms with E-state index in [1.807, 2.05) is 0 Å². The Hall–Kier alpha value is -1.23. The van der Waals surface area contributed by atoms with Crippen LogP contribution in [0.4, 0.5) is 0 Å². The van der Waals surface area contributed by atoms with Crippen molar-refractivity contribution in [3.63, 3.8) is 0 Å². The van der Waals surface area contributed by atoms with E-state index in [0.717, 1.165) is 0 Å². The highest BCUT2D eigenvalue weighted by Crippen LogP contribution is 1.78. The first-order valence-corrected chi connectivity index (χ1v) is 2.54. The van der Waals surface area contributed by atoms with E-state index >= 15 is 0 Å². The molecule has 0 saturated heterocycles. The fourth-order valence-electron chi connectivity index (χ4n) is 0.297. The molecule has 0 aromatic rings. The van der Waals surface area contributed by atoms with E-state index in [1.54, 1.807) is 13.0 Å². The quantitative estimate of drug-likeness (QED) is 0.308. The molecule has 0 heterocycles. The van der Waals surface area contributed by atoms with Crippen LogP contribution in [0.5, 0.6) is 0 Å². The molecule has 0 unspecified atom stereocenters. The van der Waals surface area contributed by atoms with Crippen molar-refractivity contribution in [1.82, 2.24) is 0 Å². The molecule has 0 aliphatic heterocycles. The molecule has 9 heavy (non-hydrogen) atoms.